The first-order chi connectivity index (χ1) is 9.75. The van der Waals surface area contributed by atoms with Crippen molar-refractivity contribution in [2.24, 2.45) is 0 Å². The molecule has 0 aromatic carbocycles. The van der Waals surface area contributed by atoms with Crippen LogP contribution in [-0.4, -0.2) is 23.5 Å². The van der Waals surface area contributed by atoms with E-state index in [1.165, 1.54) is 25.7 Å². The Morgan fingerprint density at radius 2 is 2.05 bits per heavy atom. The van der Waals surface area contributed by atoms with Gasteiger partial charge in [0.15, 0.2) is 0 Å². The summed E-state index contributed by atoms with van der Waals surface area (Å²) in [6.45, 7) is 2.38. The van der Waals surface area contributed by atoms with Gasteiger partial charge in [0.25, 0.3) is 0 Å². The molecule has 0 spiro atoms. The predicted molar refractivity (Wildman–Crippen MR) is 80.3 cm³/mol. The largest absolute Gasteiger partial charge is 0.352 e. The fourth-order valence-corrected chi connectivity index (χ4v) is 2.68. The second kappa shape index (κ2) is 8.00. The van der Waals surface area contributed by atoms with E-state index in [1.54, 1.807) is 6.20 Å². The maximum Gasteiger partial charge on any atom is 0.234 e. The summed E-state index contributed by atoms with van der Waals surface area (Å²) in [5, 5.41) is 6.37. The van der Waals surface area contributed by atoms with Crippen LogP contribution in [0.5, 0.6) is 0 Å². The van der Waals surface area contributed by atoms with Crippen molar-refractivity contribution < 1.29 is 4.79 Å². The molecule has 4 nitrogen and oxygen atoms in total. The first kappa shape index (κ1) is 15.0. The summed E-state index contributed by atoms with van der Waals surface area (Å²) >= 11 is 0. The lowest BCUT2D eigenvalue weighted by atomic mass is 10.1. The monoisotopic (exact) mass is 275 g/mol. The van der Waals surface area contributed by atoms with Crippen LogP contribution in [-0.2, 0) is 4.79 Å². The first-order valence-electron chi connectivity index (χ1n) is 7.69. The van der Waals surface area contributed by atoms with Gasteiger partial charge in [-0.05, 0) is 31.9 Å². The number of hydrogen-bond acceptors (Lipinski definition) is 3. The van der Waals surface area contributed by atoms with Crippen LogP contribution in [0, 0.1) is 0 Å². The van der Waals surface area contributed by atoms with Crippen molar-refractivity contribution in [1.82, 2.24) is 15.6 Å². The van der Waals surface area contributed by atoms with E-state index < -0.39 is 0 Å². The number of hydrogen-bond donors (Lipinski definition) is 2. The number of amides is 1. The lowest BCUT2D eigenvalue weighted by molar-refractivity contribution is -0.121. The summed E-state index contributed by atoms with van der Waals surface area (Å²) in [6.07, 6.45) is 9.12. The molecule has 0 bridgehead atoms. The Hall–Kier alpha value is -1.42. The predicted octanol–water partition coefficient (Wildman–Crippen LogP) is 2.57. The number of aromatic nitrogens is 1. The van der Waals surface area contributed by atoms with Crippen molar-refractivity contribution in [3.8, 4) is 0 Å². The minimum atomic E-state index is 0.0936. The molecule has 1 aromatic heterocycles. The normalized spacial score (nSPS) is 18.2. The molecule has 2 N–H and O–H groups in total. The van der Waals surface area contributed by atoms with Gasteiger partial charge in [0, 0.05) is 18.3 Å². The van der Waals surface area contributed by atoms with Crippen molar-refractivity contribution in [2.45, 2.75) is 57.5 Å². The molecule has 1 fully saturated rings. The van der Waals surface area contributed by atoms with Gasteiger partial charge in [0.2, 0.25) is 5.91 Å². The molecule has 0 saturated heterocycles. The van der Waals surface area contributed by atoms with E-state index in [4.69, 9.17) is 0 Å². The van der Waals surface area contributed by atoms with Crippen LogP contribution in [0.4, 0.5) is 0 Å². The zero-order valence-corrected chi connectivity index (χ0v) is 12.3. The highest BCUT2D eigenvalue weighted by Gasteiger charge is 2.15. The third-order valence-corrected chi connectivity index (χ3v) is 3.92. The Labute approximate surface area is 121 Å². The van der Waals surface area contributed by atoms with E-state index in [-0.39, 0.29) is 11.9 Å². The standard InChI is InChI=1S/C16H25N3O/c1-13(15-10-6-7-11-17-15)18-12-16(20)19-14-8-4-2-3-5-9-14/h6-7,10-11,13-14,18H,2-5,8-9,12H2,1H3,(H,19,20)/t13-/m0/s1. The van der Waals surface area contributed by atoms with Crippen LogP contribution in [0.2, 0.25) is 0 Å². The molecule has 1 heterocycles. The quantitative estimate of drug-likeness (QED) is 0.812. The average molecular weight is 275 g/mol. The minimum absolute atomic E-state index is 0.0936. The lowest BCUT2D eigenvalue weighted by Gasteiger charge is -2.18. The molecule has 110 valence electrons. The van der Waals surface area contributed by atoms with E-state index in [0.29, 0.717) is 12.6 Å². The van der Waals surface area contributed by atoms with E-state index >= 15 is 0 Å². The van der Waals surface area contributed by atoms with Crippen LogP contribution >= 0.6 is 0 Å². The molecule has 1 aromatic rings. The Morgan fingerprint density at radius 3 is 2.70 bits per heavy atom. The number of pyridine rings is 1. The topological polar surface area (TPSA) is 54.0 Å². The fraction of sp³-hybridized carbons (Fsp3) is 0.625. The van der Waals surface area contributed by atoms with E-state index in [9.17, 15) is 4.79 Å². The minimum Gasteiger partial charge on any atom is -0.352 e. The van der Waals surface area contributed by atoms with Crippen LogP contribution in [0.3, 0.4) is 0 Å². The zero-order chi connectivity index (χ0) is 14.2. The fourth-order valence-electron chi connectivity index (χ4n) is 2.68. The highest BCUT2D eigenvalue weighted by molar-refractivity contribution is 5.78. The molecule has 4 heteroatoms. The van der Waals surface area contributed by atoms with Crippen LogP contribution < -0.4 is 10.6 Å². The van der Waals surface area contributed by atoms with Gasteiger partial charge >= 0.3 is 0 Å². The van der Waals surface area contributed by atoms with E-state index in [2.05, 4.69) is 15.6 Å². The van der Waals surface area contributed by atoms with Crippen molar-refractivity contribution in [2.75, 3.05) is 6.54 Å². The van der Waals surface area contributed by atoms with E-state index in [0.717, 1.165) is 18.5 Å². The second-order valence-electron chi connectivity index (χ2n) is 5.61. The summed E-state index contributed by atoms with van der Waals surface area (Å²) in [7, 11) is 0. The van der Waals surface area contributed by atoms with Crippen molar-refractivity contribution in [1.29, 1.82) is 0 Å². The summed E-state index contributed by atoms with van der Waals surface area (Å²) < 4.78 is 0. The first-order valence-corrected chi connectivity index (χ1v) is 7.69. The maximum atomic E-state index is 12.0. The van der Waals surface area contributed by atoms with Gasteiger partial charge < -0.3 is 10.6 Å². The number of carbonyl (C=O) groups is 1. The second-order valence-corrected chi connectivity index (χ2v) is 5.61. The molecule has 2 rings (SSSR count). The number of nitrogens with zero attached hydrogens (tertiary/aromatic N) is 1. The average Bonchev–Trinajstić information content (AvgIpc) is 2.74. The summed E-state index contributed by atoms with van der Waals surface area (Å²) in [6, 6.07) is 6.30. The lowest BCUT2D eigenvalue weighted by Crippen LogP contribution is -2.40. The van der Waals surface area contributed by atoms with Crippen molar-refractivity contribution in [3.63, 3.8) is 0 Å². The third kappa shape index (κ3) is 4.93. The van der Waals surface area contributed by atoms with E-state index in [1.807, 2.05) is 25.1 Å². The van der Waals surface area contributed by atoms with Gasteiger partial charge in [-0.2, -0.15) is 0 Å². The molecule has 1 aliphatic rings. The molecule has 1 amide bonds. The Balaban J connectivity index is 1.71. The number of carbonyl (C=O) groups excluding carboxylic acids is 1. The SMILES string of the molecule is C[C@H](NCC(=O)NC1CCCCCC1)c1ccccn1. The summed E-state index contributed by atoms with van der Waals surface area (Å²) in [5.41, 5.74) is 0.967. The van der Waals surface area contributed by atoms with Crippen LogP contribution in [0.1, 0.15) is 57.2 Å². The molecule has 1 aliphatic carbocycles. The summed E-state index contributed by atoms with van der Waals surface area (Å²) in [5.74, 6) is 0.0969. The van der Waals surface area contributed by atoms with Crippen LogP contribution in [0.25, 0.3) is 0 Å². The molecule has 0 unspecified atom stereocenters. The Kier molecular flexibility index (Phi) is 5.99. The maximum absolute atomic E-state index is 12.0. The van der Waals surface area contributed by atoms with Gasteiger partial charge in [0.05, 0.1) is 12.2 Å². The van der Waals surface area contributed by atoms with Crippen LogP contribution in [0.15, 0.2) is 24.4 Å². The van der Waals surface area contributed by atoms with Gasteiger partial charge in [-0.25, -0.2) is 0 Å². The van der Waals surface area contributed by atoms with Gasteiger partial charge in [0.1, 0.15) is 0 Å². The zero-order valence-electron chi connectivity index (χ0n) is 12.3. The molecular weight excluding hydrogens is 250 g/mol. The molecular formula is C16H25N3O. The van der Waals surface area contributed by atoms with Gasteiger partial charge in [-0.1, -0.05) is 31.7 Å². The number of nitrogens with one attached hydrogen (secondary N) is 2. The Bertz CT molecular complexity index is 399. The molecule has 1 atom stereocenters. The van der Waals surface area contributed by atoms with Crippen molar-refractivity contribution in [3.05, 3.63) is 30.1 Å². The Morgan fingerprint density at radius 1 is 1.30 bits per heavy atom. The van der Waals surface area contributed by atoms with Gasteiger partial charge in [-0.15, -0.1) is 0 Å². The number of rotatable bonds is 5. The molecule has 0 radical (unpaired) electrons. The molecule has 1 saturated carbocycles. The summed E-state index contributed by atoms with van der Waals surface area (Å²) in [4.78, 5) is 16.3. The van der Waals surface area contributed by atoms with Crippen molar-refractivity contribution >= 4 is 5.91 Å². The molecule has 0 aliphatic heterocycles. The molecule has 20 heavy (non-hydrogen) atoms. The third-order valence-electron chi connectivity index (χ3n) is 3.92. The van der Waals surface area contributed by atoms with Gasteiger partial charge in [-0.3, -0.25) is 9.78 Å². The highest BCUT2D eigenvalue weighted by atomic mass is 16.1. The highest BCUT2D eigenvalue weighted by Crippen LogP contribution is 2.17. The smallest absolute Gasteiger partial charge is 0.234 e.